The first kappa shape index (κ1) is 18.1. The highest BCUT2D eigenvalue weighted by Crippen LogP contribution is 2.33. The van der Waals surface area contributed by atoms with Gasteiger partial charge in [-0.2, -0.15) is 0 Å². The fourth-order valence-corrected chi connectivity index (χ4v) is 4.19. The Morgan fingerprint density at radius 2 is 1.92 bits per heavy atom. The lowest BCUT2D eigenvalue weighted by molar-refractivity contribution is -0.116. The van der Waals surface area contributed by atoms with E-state index in [-0.39, 0.29) is 27.3 Å². The molecule has 130 valence electrons. The number of methoxy groups -OCH3 is 1. The largest absolute Gasteiger partial charge is 0.497 e. The zero-order chi connectivity index (χ0) is 18.1. The lowest BCUT2D eigenvalue weighted by Gasteiger charge is -2.11. The normalized spacial score (nSPS) is 10.9. The maximum atomic E-state index is 12.4. The van der Waals surface area contributed by atoms with Gasteiger partial charge in [0.15, 0.2) is 4.80 Å². The number of fused-ring (bicyclic) bond motifs is 1. The molecule has 5 nitrogen and oxygen atoms in total. The summed E-state index contributed by atoms with van der Waals surface area (Å²) < 4.78 is 7.65. The fourth-order valence-electron chi connectivity index (χ4n) is 2.34. The van der Waals surface area contributed by atoms with Crippen molar-refractivity contribution in [3.63, 3.8) is 0 Å². The zero-order valence-corrected chi connectivity index (χ0v) is 16.0. The van der Waals surface area contributed by atoms with E-state index in [2.05, 4.69) is 5.32 Å². The molecular formula is C16H12Cl3N3O2S. The molecule has 0 spiro atoms. The van der Waals surface area contributed by atoms with Crippen molar-refractivity contribution in [1.29, 1.82) is 5.41 Å². The topological polar surface area (TPSA) is 67.1 Å². The molecule has 3 aromatic rings. The van der Waals surface area contributed by atoms with Gasteiger partial charge in [0, 0.05) is 5.02 Å². The summed E-state index contributed by atoms with van der Waals surface area (Å²) >= 11 is 19.3. The zero-order valence-electron chi connectivity index (χ0n) is 12.9. The number of aromatic nitrogens is 1. The van der Waals surface area contributed by atoms with Crippen LogP contribution in [0.3, 0.4) is 0 Å². The second-order valence-electron chi connectivity index (χ2n) is 5.12. The van der Waals surface area contributed by atoms with Gasteiger partial charge in [-0.15, -0.1) is 0 Å². The van der Waals surface area contributed by atoms with Gasteiger partial charge in [0.1, 0.15) is 12.3 Å². The minimum absolute atomic E-state index is 0.0412. The predicted octanol–water partition coefficient (Wildman–Crippen LogP) is 4.79. The SMILES string of the molecule is COc1ccc2c(c1)sc(=N)n2CC(=O)Nc1c(Cl)cc(Cl)cc1Cl. The number of amides is 1. The monoisotopic (exact) mass is 415 g/mol. The Morgan fingerprint density at radius 3 is 2.56 bits per heavy atom. The molecule has 0 bridgehead atoms. The van der Waals surface area contributed by atoms with Crippen LogP contribution in [0, 0.1) is 5.41 Å². The molecule has 0 aliphatic heterocycles. The molecule has 0 saturated carbocycles. The van der Waals surface area contributed by atoms with Gasteiger partial charge in [-0.25, -0.2) is 0 Å². The third-order valence-electron chi connectivity index (χ3n) is 3.48. The van der Waals surface area contributed by atoms with Crippen molar-refractivity contribution in [1.82, 2.24) is 4.57 Å². The number of hydrogen-bond donors (Lipinski definition) is 2. The highest BCUT2D eigenvalue weighted by molar-refractivity contribution is 7.16. The fraction of sp³-hybridized carbons (Fsp3) is 0.125. The van der Waals surface area contributed by atoms with Crippen molar-refractivity contribution in [2.75, 3.05) is 12.4 Å². The molecule has 9 heteroatoms. The molecule has 0 radical (unpaired) electrons. The van der Waals surface area contributed by atoms with Crippen LogP contribution in [0.15, 0.2) is 30.3 Å². The lowest BCUT2D eigenvalue weighted by Crippen LogP contribution is -2.24. The van der Waals surface area contributed by atoms with E-state index in [0.29, 0.717) is 16.5 Å². The quantitative estimate of drug-likeness (QED) is 0.642. The van der Waals surface area contributed by atoms with Crippen LogP contribution in [0.2, 0.25) is 15.1 Å². The van der Waals surface area contributed by atoms with E-state index in [1.54, 1.807) is 17.7 Å². The van der Waals surface area contributed by atoms with Gasteiger partial charge < -0.3 is 14.6 Å². The van der Waals surface area contributed by atoms with Gasteiger partial charge in [-0.3, -0.25) is 10.2 Å². The molecule has 3 rings (SSSR count). The highest BCUT2D eigenvalue weighted by Gasteiger charge is 2.14. The van der Waals surface area contributed by atoms with Gasteiger partial charge in [0.25, 0.3) is 0 Å². The van der Waals surface area contributed by atoms with Crippen molar-refractivity contribution in [3.8, 4) is 5.75 Å². The van der Waals surface area contributed by atoms with Crippen molar-refractivity contribution < 1.29 is 9.53 Å². The summed E-state index contributed by atoms with van der Waals surface area (Å²) in [6, 6.07) is 8.44. The highest BCUT2D eigenvalue weighted by atomic mass is 35.5. The third kappa shape index (κ3) is 3.77. The Bertz CT molecular complexity index is 1010. The number of ether oxygens (including phenoxy) is 1. The van der Waals surface area contributed by atoms with Crippen LogP contribution < -0.4 is 14.9 Å². The predicted molar refractivity (Wildman–Crippen MR) is 102 cm³/mol. The maximum Gasteiger partial charge on any atom is 0.244 e. The summed E-state index contributed by atoms with van der Waals surface area (Å²) in [4.78, 5) is 12.7. The van der Waals surface area contributed by atoms with E-state index in [0.717, 1.165) is 10.2 Å². The average Bonchev–Trinajstić information content (AvgIpc) is 2.85. The van der Waals surface area contributed by atoms with Crippen LogP contribution >= 0.6 is 46.1 Å². The number of anilines is 1. The number of nitrogens with one attached hydrogen (secondary N) is 2. The molecular weight excluding hydrogens is 405 g/mol. The first-order chi connectivity index (χ1) is 11.9. The van der Waals surface area contributed by atoms with E-state index in [4.69, 9.17) is 44.9 Å². The molecule has 0 aliphatic carbocycles. The van der Waals surface area contributed by atoms with Gasteiger partial charge >= 0.3 is 0 Å². The van der Waals surface area contributed by atoms with Crippen LogP contribution in [0.5, 0.6) is 5.75 Å². The van der Waals surface area contributed by atoms with Crippen molar-refractivity contribution >= 4 is 68.0 Å². The molecule has 2 aromatic carbocycles. The number of carbonyl (C=O) groups excluding carboxylic acids is 1. The Morgan fingerprint density at radius 1 is 1.24 bits per heavy atom. The van der Waals surface area contributed by atoms with E-state index in [1.165, 1.54) is 23.5 Å². The summed E-state index contributed by atoms with van der Waals surface area (Å²) in [5.41, 5.74) is 1.07. The summed E-state index contributed by atoms with van der Waals surface area (Å²) in [6.07, 6.45) is 0. The second-order valence-corrected chi connectivity index (χ2v) is 7.40. The smallest absolute Gasteiger partial charge is 0.244 e. The minimum Gasteiger partial charge on any atom is -0.497 e. The minimum atomic E-state index is -0.347. The van der Waals surface area contributed by atoms with Crippen molar-refractivity contribution in [2.24, 2.45) is 0 Å². The number of hydrogen-bond acceptors (Lipinski definition) is 4. The molecule has 25 heavy (non-hydrogen) atoms. The molecule has 1 amide bonds. The Hall–Kier alpha value is -1.73. The Kier molecular flexibility index (Phi) is 5.24. The van der Waals surface area contributed by atoms with E-state index < -0.39 is 0 Å². The summed E-state index contributed by atoms with van der Waals surface area (Å²) in [5.74, 6) is 0.352. The van der Waals surface area contributed by atoms with E-state index >= 15 is 0 Å². The molecule has 0 aliphatic rings. The maximum absolute atomic E-state index is 12.4. The van der Waals surface area contributed by atoms with Gasteiger partial charge in [0.05, 0.1) is 33.1 Å². The number of halogens is 3. The average molecular weight is 417 g/mol. The molecule has 0 saturated heterocycles. The van der Waals surface area contributed by atoms with Gasteiger partial charge in [0.2, 0.25) is 5.91 Å². The molecule has 1 heterocycles. The van der Waals surface area contributed by atoms with Crippen molar-refractivity contribution in [2.45, 2.75) is 6.54 Å². The Labute approximate surface area is 162 Å². The van der Waals surface area contributed by atoms with Crippen LogP contribution in [0.4, 0.5) is 5.69 Å². The van der Waals surface area contributed by atoms with Crippen LogP contribution in [-0.2, 0) is 11.3 Å². The van der Waals surface area contributed by atoms with Crippen LogP contribution in [-0.4, -0.2) is 17.6 Å². The molecule has 0 atom stereocenters. The lowest BCUT2D eigenvalue weighted by atomic mass is 10.3. The number of rotatable bonds is 4. The molecule has 0 unspecified atom stereocenters. The summed E-state index contributed by atoms with van der Waals surface area (Å²) in [7, 11) is 1.58. The summed E-state index contributed by atoms with van der Waals surface area (Å²) in [5, 5.41) is 11.7. The summed E-state index contributed by atoms with van der Waals surface area (Å²) in [6.45, 7) is -0.0412. The number of thiazole rings is 1. The van der Waals surface area contributed by atoms with E-state index in [1.807, 2.05) is 12.1 Å². The first-order valence-corrected chi connectivity index (χ1v) is 9.00. The van der Waals surface area contributed by atoms with Crippen LogP contribution in [0.25, 0.3) is 10.2 Å². The molecule has 2 N–H and O–H groups in total. The van der Waals surface area contributed by atoms with Crippen molar-refractivity contribution in [3.05, 3.63) is 50.2 Å². The molecule has 1 aromatic heterocycles. The second kappa shape index (κ2) is 7.25. The van der Waals surface area contributed by atoms with Crippen LogP contribution in [0.1, 0.15) is 0 Å². The third-order valence-corrected chi connectivity index (χ3v) is 5.26. The Balaban J connectivity index is 1.88. The molecule has 0 fully saturated rings. The van der Waals surface area contributed by atoms with Gasteiger partial charge in [-0.1, -0.05) is 46.1 Å². The number of carbonyl (C=O) groups is 1. The standard InChI is InChI=1S/C16H12Cl3N3O2S/c1-24-9-2-3-12-13(6-9)25-16(20)22(12)7-14(23)21-15-10(18)4-8(17)5-11(15)19/h2-6,20H,7H2,1H3,(H,21,23). The number of benzene rings is 2. The number of nitrogens with zero attached hydrogens (tertiary/aromatic N) is 1. The van der Waals surface area contributed by atoms with Gasteiger partial charge in [-0.05, 0) is 30.3 Å². The first-order valence-electron chi connectivity index (χ1n) is 7.05. The van der Waals surface area contributed by atoms with E-state index in [9.17, 15) is 4.79 Å².